The summed E-state index contributed by atoms with van der Waals surface area (Å²) >= 11 is 0. The molecule has 0 unspecified atom stereocenters. The third-order valence-corrected chi connectivity index (χ3v) is 5.16. The zero-order valence-corrected chi connectivity index (χ0v) is 17.8. The van der Waals surface area contributed by atoms with E-state index in [2.05, 4.69) is 15.6 Å². The van der Waals surface area contributed by atoms with Crippen molar-refractivity contribution in [3.63, 3.8) is 0 Å². The summed E-state index contributed by atoms with van der Waals surface area (Å²) in [5.41, 5.74) is 3.69. The fourth-order valence-corrected chi connectivity index (χ4v) is 3.58. The topological polar surface area (TPSA) is 83.2 Å². The van der Waals surface area contributed by atoms with E-state index >= 15 is 0 Å². The predicted molar refractivity (Wildman–Crippen MR) is 125 cm³/mol. The van der Waals surface area contributed by atoms with Gasteiger partial charge in [-0.1, -0.05) is 48.5 Å². The van der Waals surface area contributed by atoms with Crippen LogP contribution >= 0.6 is 0 Å². The van der Waals surface area contributed by atoms with Crippen molar-refractivity contribution in [3.8, 4) is 5.75 Å². The summed E-state index contributed by atoms with van der Waals surface area (Å²) in [4.78, 5) is 27.9. The highest BCUT2D eigenvalue weighted by Gasteiger charge is 2.21. The molecule has 0 radical (unpaired) electrons. The Bertz CT molecular complexity index is 1200. The zero-order chi connectivity index (χ0) is 22.3. The van der Waals surface area contributed by atoms with Crippen molar-refractivity contribution in [3.05, 3.63) is 96.2 Å². The molecule has 3 aromatic carbocycles. The van der Waals surface area contributed by atoms with Crippen LogP contribution in [0.4, 0.5) is 5.69 Å². The molecule has 32 heavy (non-hydrogen) atoms. The van der Waals surface area contributed by atoms with E-state index in [-0.39, 0.29) is 11.8 Å². The van der Waals surface area contributed by atoms with E-state index in [0.29, 0.717) is 24.5 Å². The van der Waals surface area contributed by atoms with Crippen LogP contribution in [0.2, 0.25) is 0 Å². The summed E-state index contributed by atoms with van der Waals surface area (Å²) in [5.74, 6) is 0.183. The van der Waals surface area contributed by atoms with Gasteiger partial charge in [-0.25, -0.2) is 0 Å². The summed E-state index contributed by atoms with van der Waals surface area (Å²) in [6.07, 6.45) is 2.26. The van der Waals surface area contributed by atoms with Gasteiger partial charge in [0.05, 0.1) is 0 Å². The number of H-pyrrole nitrogens is 1. The lowest BCUT2D eigenvalue weighted by atomic mass is 10.0. The molecule has 4 aromatic rings. The SMILES string of the molecule is CC(=O)N[C@H](Cc1c[nH]c2ccccc12)C(=O)Nc1ccc(OCc2ccccc2)cc1. The van der Waals surface area contributed by atoms with Gasteiger partial charge in [0.1, 0.15) is 18.4 Å². The number of fused-ring (bicyclic) bond motifs is 1. The lowest BCUT2D eigenvalue weighted by molar-refractivity contribution is -0.125. The number of hydrogen-bond donors (Lipinski definition) is 3. The Morgan fingerprint density at radius 1 is 0.938 bits per heavy atom. The van der Waals surface area contributed by atoms with Crippen LogP contribution in [0.25, 0.3) is 10.9 Å². The van der Waals surface area contributed by atoms with E-state index in [1.807, 2.05) is 72.9 Å². The Morgan fingerprint density at radius 2 is 1.66 bits per heavy atom. The normalized spacial score (nSPS) is 11.7. The van der Waals surface area contributed by atoms with Crippen LogP contribution in [0.1, 0.15) is 18.1 Å². The second-order valence-electron chi connectivity index (χ2n) is 7.60. The van der Waals surface area contributed by atoms with E-state index in [4.69, 9.17) is 4.74 Å². The molecule has 162 valence electrons. The van der Waals surface area contributed by atoms with Gasteiger partial charge in [0.15, 0.2) is 0 Å². The molecule has 4 rings (SSSR count). The summed E-state index contributed by atoms with van der Waals surface area (Å²) in [7, 11) is 0. The Morgan fingerprint density at radius 3 is 2.41 bits per heavy atom. The molecule has 6 heteroatoms. The average Bonchev–Trinajstić information content (AvgIpc) is 3.21. The van der Waals surface area contributed by atoms with E-state index in [0.717, 1.165) is 22.0 Å². The molecule has 1 aromatic heterocycles. The fourth-order valence-electron chi connectivity index (χ4n) is 3.58. The van der Waals surface area contributed by atoms with Crippen LogP contribution in [0, 0.1) is 0 Å². The van der Waals surface area contributed by atoms with Gasteiger partial charge in [0.25, 0.3) is 0 Å². The number of para-hydroxylation sites is 1. The molecule has 1 atom stereocenters. The molecule has 1 heterocycles. The second-order valence-corrected chi connectivity index (χ2v) is 7.60. The lowest BCUT2D eigenvalue weighted by Gasteiger charge is -2.18. The van der Waals surface area contributed by atoms with Crippen molar-refractivity contribution in [2.75, 3.05) is 5.32 Å². The van der Waals surface area contributed by atoms with Gasteiger partial charge in [-0.3, -0.25) is 9.59 Å². The number of amides is 2. The van der Waals surface area contributed by atoms with Crippen molar-refractivity contribution in [2.45, 2.75) is 26.0 Å². The number of carbonyl (C=O) groups excluding carboxylic acids is 2. The number of hydrogen-bond acceptors (Lipinski definition) is 3. The average molecular weight is 428 g/mol. The highest BCUT2D eigenvalue weighted by Crippen LogP contribution is 2.21. The molecular weight excluding hydrogens is 402 g/mol. The minimum atomic E-state index is -0.694. The summed E-state index contributed by atoms with van der Waals surface area (Å²) < 4.78 is 5.79. The molecule has 0 aliphatic rings. The van der Waals surface area contributed by atoms with Crippen LogP contribution in [-0.2, 0) is 22.6 Å². The Balaban J connectivity index is 1.40. The third-order valence-electron chi connectivity index (χ3n) is 5.16. The monoisotopic (exact) mass is 427 g/mol. The van der Waals surface area contributed by atoms with E-state index < -0.39 is 6.04 Å². The number of aromatic amines is 1. The van der Waals surface area contributed by atoms with E-state index in [1.165, 1.54) is 6.92 Å². The molecular formula is C26H25N3O3. The first-order valence-electron chi connectivity index (χ1n) is 10.5. The molecule has 0 spiro atoms. The highest BCUT2D eigenvalue weighted by atomic mass is 16.5. The fraction of sp³-hybridized carbons (Fsp3) is 0.154. The van der Waals surface area contributed by atoms with Gasteiger partial charge < -0.3 is 20.4 Å². The summed E-state index contributed by atoms with van der Waals surface area (Å²) in [6.45, 7) is 1.89. The number of anilines is 1. The quantitative estimate of drug-likeness (QED) is 0.389. The largest absolute Gasteiger partial charge is 0.489 e. The smallest absolute Gasteiger partial charge is 0.247 e. The molecule has 0 aliphatic carbocycles. The second kappa shape index (κ2) is 9.83. The molecule has 0 fully saturated rings. The summed E-state index contributed by atoms with van der Waals surface area (Å²) in [5, 5.41) is 6.69. The third kappa shape index (κ3) is 5.35. The number of carbonyl (C=O) groups is 2. The number of nitrogens with one attached hydrogen (secondary N) is 3. The van der Waals surface area contributed by atoms with Crippen LogP contribution in [0.15, 0.2) is 85.1 Å². The molecule has 0 aliphatic heterocycles. The van der Waals surface area contributed by atoms with Gasteiger partial charge in [-0.15, -0.1) is 0 Å². The van der Waals surface area contributed by atoms with Crippen LogP contribution in [-0.4, -0.2) is 22.8 Å². The van der Waals surface area contributed by atoms with Gasteiger partial charge >= 0.3 is 0 Å². The maximum absolute atomic E-state index is 12.9. The first-order chi connectivity index (χ1) is 15.6. The standard InChI is InChI=1S/C26H25N3O3/c1-18(30)28-25(15-20-16-27-24-10-6-5-9-23(20)24)26(31)29-21-11-13-22(14-12-21)32-17-19-7-3-2-4-8-19/h2-14,16,25,27H,15,17H2,1H3,(H,28,30)(H,29,31)/t25-/m1/s1. The predicted octanol–water partition coefficient (Wildman–Crippen LogP) is 4.43. The Kier molecular flexibility index (Phi) is 6.51. The number of ether oxygens (including phenoxy) is 1. The molecule has 3 N–H and O–H groups in total. The highest BCUT2D eigenvalue weighted by molar-refractivity contribution is 5.97. The molecule has 0 saturated heterocycles. The first kappa shape index (κ1) is 21.2. The molecule has 6 nitrogen and oxygen atoms in total. The van der Waals surface area contributed by atoms with Crippen LogP contribution < -0.4 is 15.4 Å². The maximum Gasteiger partial charge on any atom is 0.247 e. The lowest BCUT2D eigenvalue weighted by Crippen LogP contribution is -2.44. The van der Waals surface area contributed by atoms with Crippen molar-refractivity contribution in [1.82, 2.24) is 10.3 Å². The first-order valence-corrected chi connectivity index (χ1v) is 10.5. The van der Waals surface area contributed by atoms with Crippen molar-refractivity contribution in [2.24, 2.45) is 0 Å². The Hall–Kier alpha value is -4.06. The van der Waals surface area contributed by atoms with E-state index in [1.54, 1.807) is 12.1 Å². The summed E-state index contributed by atoms with van der Waals surface area (Å²) in [6, 6.07) is 24.3. The Labute approximate surface area is 186 Å². The van der Waals surface area contributed by atoms with Crippen molar-refractivity contribution >= 4 is 28.4 Å². The van der Waals surface area contributed by atoms with Crippen molar-refractivity contribution < 1.29 is 14.3 Å². The zero-order valence-electron chi connectivity index (χ0n) is 17.8. The van der Waals surface area contributed by atoms with Gasteiger partial charge in [0.2, 0.25) is 11.8 Å². The van der Waals surface area contributed by atoms with Gasteiger partial charge in [-0.2, -0.15) is 0 Å². The van der Waals surface area contributed by atoms with Crippen LogP contribution in [0.3, 0.4) is 0 Å². The number of rotatable bonds is 8. The minimum absolute atomic E-state index is 0.255. The maximum atomic E-state index is 12.9. The number of benzene rings is 3. The molecule has 0 bridgehead atoms. The van der Waals surface area contributed by atoms with Crippen molar-refractivity contribution in [1.29, 1.82) is 0 Å². The molecule has 2 amide bonds. The van der Waals surface area contributed by atoms with Gasteiger partial charge in [-0.05, 0) is 41.5 Å². The number of aromatic nitrogens is 1. The van der Waals surface area contributed by atoms with Crippen LogP contribution in [0.5, 0.6) is 5.75 Å². The molecule has 0 saturated carbocycles. The van der Waals surface area contributed by atoms with Gasteiger partial charge in [0, 0.05) is 36.1 Å². The van der Waals surface area contributed by atoms with E-state index in [9.17, 15) is 9.59 Å². The minimum Gasteiger partial charge on any atom is -0.489 e.